The molecule has 1 saturated carbocycles. The van der Waals surface area contributed by atoms with Gasteiger partial charge in [0.15, 0.2) is 0 Å². The minimum Gasteiger partial charge on any atom is -0.383 e. The highest BCUT2D eigenvalue weighted by Crippen LogP contribution is 2.47. The first-order valence-corrected chi connectivity index (χ1v) is 8.10. The maximum absolute atomic E-state index is 11.1. The molecule has 0 atom stereocenters. The van der Waals surface area contributed by atoms with Gasteiger partial charge in [0.1, 0.15) is 0 Å². The van der Waals surface area contributed by atoms with Crippen LogP contribution in [0.5, 0.6) is 0 Å². The summed E-state index contributed by atoms with van der Waals surface area (Å²) < 4.78 is 0.343. The number of nitrogens with one attached hydrogen (secondary N) is 1. The van der Waals surface area contributed by atoms with Gasteiger partial charge in [-0.15, -0.1) is 0 Å². The molecular formula is C15H17N3O2S. The summed E-state index contributed by atoms with van der Waals surface area (Å²) in [6.07, 6.45) is 6.19. The predicted molar refractivity (Wildman–Crippen MR) is 87.1 cm³/mol. The molecule has 1 aromatic carbocycles. The van der Waals surface area contributed by atoms with Gasteiger partial charge in [-0.05, 0) is 38.2 Å². The molecule has 0 amide bonds. The summed E-state index contributed by atoms with van der Waals surface area (Å²) in [7, 11) is 0. The van der Waals surface area contributed by atoms with Crippen molar-refractivity contribution in [1.29, 1.82) is 0 Å². The molecule has 1 N–H and O–H groups in total. The molecule has 0 saturated heterocycles. The van der Waals surface area contributed by atoms with Crippen LogP contribution in [0, 0.1) is 17.0 Å². The molecule has 3 rings (SSSR count). The van der Waals surface area contributed by atoms with Gasteiger partial charge in [-0.25, -0.2) is 0 Å². The molecule has 1 fully saturated rings. The predicted octanol–water partition coefficient (Wildman–Crippen LogP) is 3.76. The summed E-state index contributed by atoms with van der Waals surface area (Å²) in [4.78, 5) is 15.0. The average Bonchev–Trinajstić information content (AvgIpc) is 3.25. The normalized spacial score (nSPS) is 15.9. The number of rotatable bonds is 5. The van der Waals surface area contributed by atoms with Crippen LogP contribution in [0.15, 0.2) is 24.4 Å². The Kier molecular flexibility index (Phi) is 3.49. The van der Waals surface area contributed by atoms with E-state index in [1.54, 1.807) is 18.3 Å². The molecule has 5 nitrogen and oxygen atoms in total. The average molecular weight is 303 g/mol. The highest BCUT2D eigenvalue weighted by atomic mass is 32.2. The Morgan fingerprint density at radius 1 is 1.43 bits per heavy atom. The number of thioether (sulfide) groups is 1. The fraction of sp³-hybridized carbons (Fsp3) is 0.400. The van der Waals surface area contributed by atoms with Crippen molar-refractivity contribution in [1.82, 2.24) is 4.98 Å². The number of hydrogen-bond donors (Lipinski definition) is 1. The van der Waals surface area contributed by atoms with E-state index in [0.29, 0.717) is 10.1 Å². The number of pyridine rings is 1. The zero-order valence-electron chi connectivity index (χ0n) is 12.0. The Labute approximate surface area is 127 Å². The minimum absolute atomic E-state index is 0.106. The van der Waals surface area contributed by atoms with Crippen LogP contribution >= 0.6 is 11.8 Å². The van der Waals surface area contributed by atoms with Crippen LogP contribution in [0.4, 0.5) is 11.4 Å². The summed E-state index contributed by atoms with van der Waals surface area (Å²) in [6, 6.07) is 5.26. The van der Waals surface area contributed by atoms with Crippen molar-refractivity contribution in [2.24, 2.45) is 0 Å². The number of nitro groups is 1. The fourth-order valence-corrected chi connectivity index (χ4v) is 3.22. The molecule has 0 aliphatic heterocycles. The van der Waals surface area contributed by atoms with E-state index in [1.165, 1.54) is 12.8 Å². The van der Waals surface area contributed by atoms with Crippen molar-refractivity contribution >= 4 is 33.9 Å². The zero-order valence-corrected chi connectivity index (χ0v) is 12.9. The van der Waals surface area contributed by atoms with Gasteiger partial charge in [0.2, 0.25) is 0 Å². The molecular weight excluding hydrogens is 286 g/mol. The summed E-state index contributed by atoms with van der Waals surface area (Å²) in [5.41, 5.74) is 1.91. The maximum Gasteiger partial charge on any atom is 0.278 e. The van der Waals surface area contributed by atoms with E-state index in [0.717, 1.165) is 23.3 Å². The molecule has 0 bridgehead atoms. The van der Waals surface area contributed by atoms with Gasteiger partial charge in [-0.2, -0.15) is 11.8 Å². The molecule has 6 heteroatoms. The van der Waals surface area contributed by atoms with Crippen LogP contribution in [0.3, 0.4) is 0 Å². The highest BCUT2D eigenvalue weighted by molar-refractivity contribution is 8.00. The summed E-state index contributed by atoms with van der Waals surface area (Å²) in [5, 5.41) is 16.1. The SMILES string of the molecule is CSC1(CNc2ccc([N+](=O)[O-])c3cnc(C)cc23)CC1. The quantitative estimate of drug-likeness (QED) is 0.673. The number of anilines is 1. The molecule has 0 unspecified atom stereocenters. The van der Waals surface area contributed by atoms with Crippen molar-refractivity contribution in [2.45, 2.75) is 24.5 Å². The van der Waals surface area contributed by atoms with Crippen molar-refractivity contribution in [3.05, 3.63) is 40.2 Å². The van der Waals surface area contributed by atoms with Gasteiger partial charge < -0.3 is 5.32 Å². The highest BCUT2D eigenvalue weighted by Gasteiger charge is 2.41. The standard InChI is InChI=1S/C15H17N3O2S/c1-10-7-11-12(8-16-10)14(18(19)20)4-3-13(11)17-9-15(21-2)5-6-15/h3-4,7-8,17H,5-6,9H2,1-2H3. The largest absolute Gasteiger partial charge is 0.383 e. The topological polar surface area (TPSA) is 68.1 Å². The molecule has 1 aliphatic carbocycles. The van der Waals surface area contributed by atoms with E-state index < -0.39 is 0 Å². The van der Waals surface area contributed by atoms with Crippen LogP contribution in [-0.4, -0.2) is 27.5 Å². The molecule has 1 aromatic heterocycles. The number of fused-ring (bicyclic) bond motifs is 1. The van der Waals surface area contributed by atoms with E-state index in [1.807, 2.05) is 24.8 Å². The van der Waals surface area contributed by atoms with Gasteiger partial charge in [-0.3, -0.25) is 15.1 Å². The van der Waals surface area contributed by atoms with Crippen LogP contribution < -0.4 is 5.32 Å². The summed E-state index contributed by atoms with van der Waals surface area (Å²) in [5.74, 6) is 0. The van der Waals surface area contributed by atoms with Crippen LogP contribution in [-0.2, 0) is 0 Å². The molecule has 0 spiro atoms. The van der Waals surface area contributed by atoms with Crippen LogP contribution in [0.2, 0.25) is 0 Å². The zero-order chi connectivity index (χ0) is 15.0. The number of aromatic nitrogens is 1. The fourth-order valence-electron chi connectivity index (χ4n) is 2.49. The van der Waals surface area contributed by atoms with Crippen molar-refractivity contribution in [3.63, 3.8) is 0 Å². The van der Waals surface area contributed by atoms with Gasteiger partial charge in [-0.1, -0.05) is 0 Å². The molecule has 1 aliphatic rings. The second kappa shape index (κ2) is 5.18. The lowest BCUT2D eigenvalue weighted by atomic mass is 10.1. The molecule has 21 heavy (non-hydrogen) atoms. The van der Waals surface area contributed by atoms with Gasteiger partial charge in [0.05, 0.1) is 10.3 Å². The Morgan fingerprint density at radius 3 is 2.81 bits per heavy atom. The lowest BCUT2D eigenvalue weighted by molar-refractivity contribution is -0.383. The van der Waals surface area contributed by atoms with Gasteiger partial charge in [0, 0.05) is 40.3 Å². The van der Waals surface area contributed by atoms with E-state index in [4.69, 9.17) is 0 Å². The Balaban J connectivity index is 2.00. The third kappa shape index (κ3) is 2.68. The number of hydrogen-bond acceptors (Lipinski definition) is 5. The Bertz CT molecular complexity index is 713. The monoisotopic (exact) mass is 303 g/mol. The Hall–Kier alpha value is -1.82. The van der Waals surface area contributed by atoms with Gasteiger partial charge >= 0.3 is 0 Å². The molecule has 110 valence electrons. The lowest BCUT2D eigenvalue weighted by Crippen LogP contribution is -2.17. The van der Waals surface area contributed by atoms with Crippen LogP contribution in [0.25, 0.3) is 10.8 Å². The first kappa shape index (κ1) is 14.1. The van der Waals surface area contributed by atoms with E-state index in [2.05, 4.69) is 16.6 Å². The Morgan fingerprint density at radius 2 is 2.19 bits per heavy atom. The first-order valence-electron chi connectivity index (χ1n) is 6.87. The maximum atomic E-state index is 11.1. The third-order valence-corrected chi connectivity index (χ3v) is 5.47. The third-order valence-electron chi connectivity index (χ3n) is 4.05. The summed E-state index contributed by atoms with van der Waals surface area (Å²) in [6.45, 7) is 2.79. The van der Waals surface area contributed by atoms with Crippen molar-refractivity contribution < 1.29 is 4.92 Å². The van der Waals surface area contributed by atoms with Crippen LogP contribution in [0.1, 0.15) is 18.5 Å². The minimum atomic E-state index is -0.354. The number of benzene rings is 1. The van der Waals surface area contributed by atoms with E-state index in [9.17, 15) is 10.1 Å². The number of nitro benzene ring substituents is 1. The lowest BCUT2D eigenvalue weighted by Gasteiger charge is -2.16. The second-order valence-electron chi connectivity index (χ2n) is 5.50. The second-order valence-corrected chi connectivity index (χ2v) is 6.78. The van der Waals surface area contributed by atoms with E-state index >= 15 is 0 Å². The molecule has 2 aromatic rings. The number of non-ortho nitro benzene ring substituents is 1. The molecule has 1 heterocycles. The number of aryl methyl sites for hydroxylation is 1. The molecule has 0 radical (unpaired) electrons. The summed E-state index contributed by atoms with van der Waals surface area (Å²) >= 11 is 1.89. The first-order chi connectivity index (χ1) is 10.0. The van der Waals surface area contributed by atoms with Crippen molar-refractivity contribution in [3.8, 4) is 0 Å². The smallest absolute Gasteiger partial charge is 0.278 e. The van der Waals surface area contributed by atoms with Gasteiger partial charge in [0.25, 0.3) is 5.69 Å². The van der Waals surface area contributed by atoms with Crippen molar-refractivity contribution in [2.75, 3.05) is 18.1 Å². The van der Waals surface area contributed by atoms with E-state index in [-0.39, 0.29) is 10.6 Å². The number of nitrogens with zero attached hydrogens (tertiary/aromatic N) is 2.